The van der Waals surface area contributed by atoms with E-state index in [4.69, 9.17) is 4.42 Å². The van der Waals surface area contributed by atoms with Gasteiger partial charge in [0.25, 0.3) is 0 Å². The van der Waals surface area contributed by atoms with Gasteiger partial charge in [-0.1, -0.05) is 78.9 Å². The summed E-state index contributed by atoms with van der Waals surface area (Å²) in [6.07, 6.45) is 0. The maximum Gasteiger partial charge on any atom is 0.208 e. The van der Waals surface area contributed by atoms with Crippen LogP contribution in [0, 0.1) is 0 Å². The van der Waals surface area contributed by atoms with E-state index in [1.165, 1.54) is 0 Å². The van der Waals surface area contributed by atoms with Crippen LogP contribution < -0.4 is 0 Å². The van der Waals surface area contributed by atoms with Crippen molar-refractivity contribution in [1.82, 2.24) is 0 Å². The molecule has 6 aromatic carbocycles. The average Bonchev–Trinajstić information content (AvgIpc) is 3.39. The quantitative estimate of drug-likeness (QED) is 0.0702. The number of hydrogen-bond acceptors (Lipinski definition) is 8. The van der Waals surface area contributed by atoms with Gasteiger partial charge in [-0.25, -0.2) is 0 Å². The molecule has 40 heavy (non-hydrogen) atoms. The van der Waals surface area contributed by atoms with E-state index in [9.17, 15) is 35.7 Å². The molecule has 0 bridgehead atoms. The molecule has 1 heterocycles. The Hall–Kier alpha value is -5.76. The van der Waals surface area contributed by atoms with Crippen molar-refractivity contribution in [1.29, 1.82) is 0 Å². The summed E-state index contributed by atoms with van der Waals surface area (Å²) in [7, 11) is 0. The molecule has 0 saturated heterocycles. The molecular formula is C32H20O8. The van der Waals surface area contributed by atoms with Gasteiger partial charge in [0.2, 0.25) is 17.2 Å². The highest BCUT2D eigenvalue weighted by molar-refractivity contribution is 6.25. The predicted octanol–water partition coefficient (Wildman–Crippen LogP) is 7.17. The Bertz CT molecular complexity index is 2120. The van der Waals surface area contributed by atoms with Crippen LogP contribution in [-0.2, 0) is 0 Å². The lowest BCUT2D eigenvalue weighted by Gasteiger charge is -2.19. The molecule has 0 spiro atoms. The first kappa shape index (κ1) is 23.4. The minimum Gasteiger partial charge on any atom is -0.504 e. The van der Waals surface area contributed by atoms with Crippen LogP contribution in [0.2, 0.25) is 0 Å². The van der Waals surface area contributed by atoms with Crippen LogP contribution in [0.15, 0.2) is 83.3 Å². The van der Waals surface area contributed by atoms with E-state index in [-0.39, 0.29) is 16.5 Å². The monoisotopic (exact) mass is 532 g/mol. The van der Waals surface area contributed by atoms with Crippen molar-refractivity contribution in [2.75, 3.05) is 0 Å². The molecule has 8 nitrogen and oxygen atoms in total. The van der Waals surface area contributed by atoms with Gasteiger partial charge in [-0.3, -0.25) is 0 Å². The zero-order chi connectivity index (χ0) is 27.9. The zero-order valence-electron chi connectivity index (χ0n) is 20.5. The van der Waals surface area contributed by atoms with Gasteiger partial charge in [-0.05, 0) is 32.7 Å². The number of aromatic hydroxyl groups is 7. The summed E-state index contributed by atoms with van der Waals surface area (Å²) in [4.78, 5) is 0. The Balaban J connectivity index is 1.69. The molecule has 0 aliphatic carbocycles. The summed E-state index contributed by atoms with van der Waals surface area (Å²) in [5.74, 6) is -5.96. The second-order valence-electron chi connectivity index (χ2n) is 9.53. The maximum absolute atomic E-state index is 11.6. The Morgan fingerprint density at radius 3 is 1.32 bits per heavy atom. The molecule has 0 fully saturated rings. The van der Waals surface area contributed by atoms with E-state index in [0.29, 0.717) is 16.3 Å². The molecule has 0 radical (unpaired) electrons. The number of phenolic OH excluding ortho intramolecular Hbond substituents is 7. The van der Waals surface area contributed by atoms with Gasteiger partial charge in [-0.15, -0.1) is 0 Å². The molecule has 196 valence electrons. The average molecular weight is 533 g/mol. The number of phenols is 7. The molecule has 0 amide bonds. The molecule has 0 aliphatic heterocycles. The van der Waals surface area contributed by atoms with Crippen LogP contribution in [0.3, 0.4) is 0 Å². The van der Waals surface area contributed by atoms with Crippen molar-refractivity contribution >= 4 is 43.5 Å². The number of hydrogen-bond donors (Lipinski definition) is 7. The Morgan fingerprint density at radius 2 is 0.775 bits per heavy atom. The minimum absolute atomic E-state index is 0.136. The van der Waals surface area contributed by atoms with Crippen LogP contribution in [0.1, 0.15) is 0 Å². The van der Waals surface area contributed by atoms with Crippen molar-refractivity contribution in [3.8, 4) is 62.5 Å². The number of fused-ring (bicyclic) bond motifs is 5. The molecule has 8 heteroatoms. The standard InChI is InChI=1S/C32H20O8/c33-24-21(27(36)31-22(25(24)34)23-26(35)28(37)29(38)30(39)32(23)40-31)20-17-12-6-4-10-15(17)19(14-8-2-1-3-9-14)16-11-5-7-13-18(16)20/h1-13,33-39H. The van der Waals surface area contributed by atoms with Crippen LogP contribution in [0.25, 0.3) is 65.7 Å². The van der Waals surface area contributed by atoms with Crippen molar-refractivity contribution in [3.05, 3.63) is 78.9 Å². The second-order valence-corrected chi connectivity index (χ2v) is 9.53. The third-order valence-corrected chi connectivity index (χ3v) is 7.43. The van der Waals surface area contributed by atoms with Gasteiger partial charge in [0.15, 0.2) is 34.2 Å². The maximum atomic E-state index is 11.6. The fourth-order valence-electron chi connectivity index (χ4n) is 5.68. The van der Waals surface area contributed by atoms with Crippen LogP contribution >= 0.6 is 0 Å². The zero-order valence-corrected chi connectivity index (χ0v) is 20.5. The van der Waals surface area contributed by atoms with Gasteiger partial charge in [0, 0.05) is 5.56 Å². The Labute approximate surface area is 225 Å². The van der Waals surface area contributed by atoms with Gasteiger partial charge in [0.05, 0.1) is 16.3 Å². The fourth-order valence-corrected chi connectivity index (χ4v) is 5.68. The number of furan rings is 1. The third kappa shape index (κ3) is 2.90. The second kappa shape index (κ2) is 8.12. The molecule has 0 atom stereocenters. The van der Waals surface area contributed by atoms with Crippen molar-refractivity contribution in [2.24, 2.45) is 0 Å². The van der Waals surface area contributed by atoms with Gasteiger partial charge >= 0.3 is 0 Å². The summed E-state index contributed by atoms with van der Waals surface area (Å²) in [5, 5.41) is 77.4. The lowest BCUT2D eigenvalue weighted by atomic mass is 9.85. The van der Waals surface area contributed by atoms with Gasteiger partial charge in [0.1, 0.15) is 0 Å². The lowest BCUT2D eigenvalue weighted by Crippen LogP contribution is -1.92. The van der Waals surface area contributed by atoms with E-state index in [2.05, 4.69) is 0 Å². The van der Waals surface area contributed by atoms with Crippen molar-refractivity contribution in [2.45, 2.75) is 0 Å². The van der Waals surface area contributed by atoms with Crippen LogP contribution in [0.4, 0.5) is 0 Å². The fraction of sp³-hybridized carbons (Fsp3) is 0. The van der Waals surface area contributed by atoms with Gasteiger partial charge < -0.3 is 40.2 Å². The highest BCUT2D eigenvalue weighted by atomic mass is 16.4. The SMILES string of the molecule is Oc1c(O)c(O)c2c(oc3c(O)c(-c4c5ccccc5c(-c5ccccc5)c5ccccc45)c(O)c(O)c32)c1O. The van der Waals surface area contributed by atoms with E-state index in [1.807, 2.05) is 78.9 Å². The Morgan fingerprint density at radius 1 is 0.350 bits per heavy atom. The molecular weight excluding hydrogens is 512 g/mol. The highest BCUT2D eigenvalue weighted by Crippen LogP contribution is 2.59. The Kier molecular flexibility index (Phi) is 4.74. The predicted molar refractivity (Wildman–Crippen MR) is 151 cm³/mol. The minimum atomic E-state index is -1.05. The summed E-state index contributed by atoms with van der Waals surface area (Å²) in [6, 6.07) is 24.8. The largest absolute Gasteiger partial charge is 0.504 e. The normalized spacial score (nSPS) is 11.7. The summed E-state index contributed by atoms with van der Waals surface area (Å²) < 4.78 is 5.64. The molecule has 0 saturated carbocycles. The van der Waals surface area contributed by atoms with E-state index < -0.39 is 51.2 Å². The van der Waals surface area contributed by atoms with Gasteiger partial charge in [-0.2, -0.15) is 0 Å². The van der Waals surface area contributed by atoms with Crippen molar-refractivity contribution in [3.63, 3.8) is 0 Å². The number of benzene rings is 6. The molecule has 7 N–H and O–H groups in total. The first-order valence-electron chi connectivity index (χ1n) is 12.3. The van der Waals surface area contributed by atoms with E-state index in [1.54, 1.807) is 0 Å². The van der Waals surface area contributed by atoms with Crippen LogP contribution in [0.5, 0.6) is 40.2 Å². The first-order valence-corrected chi connectivity index (χ1v) is 12.3. The molecule has 1 aromatic heterocycles. The first-order chi connectivity index (χ1) is 19.3. The topological polar surface area (TPSA) is 155 Å². The third-order valence-electron chi connectivity index (χ3n) is 7.43. The smallest absolute Gasteiger partial charge is 0.208 e. The van der Waals surface area contributed by atoms with E-state index in [0.717, 1.165) is 21.9 Å². The highest BCUT2D eigenvalue weighted by Gasteiger charge is 2.32. The summed E-state index contributed by atoms with van der Waals surface area (Å²) >= 11 is 0. The van der Waals surface area contributed by atoms with E-state index >= 15 is 0 Å². The number of rotatable bonds is 2. The summed E-state index contributed by atoms with van der Waals surface area (Å²) in [6.45, 7) is 0. The lowest BCUT2D eigenvalue weighted by molar-refractivity contribution is 0.348. The summed E-state index contributed by atoms with van der Waals surface area (Å²) in [5.41, 5.74) is 1.32. The molecule has 7 aromatic rings. The van der Waals surface area contributed by atoms with Crippen molar-refractivity contribution < 1.29 is 40.2 Å². The van der Waals surface area contributed by atoms with Crippen LogP contribution in [-0.4, -0.2) is 35.7 Å². The molecule has 0 unspecified atom stereocenters. The molecule has 0 aliphatic rings. The molecule has 7 rings (SSSR count).